The van der Waals surface area contributed by atoms with Gasteiger partial charge in [0.2, 0.25) is 5.95 Å². The van der Waals surface area contributed by atoms with Gasteiger partial charge in [-0.3, -0.25) is 4.57 Å². The zero-order chi connectivity index (χ0) is 24.9. The molecule has 0 aliphatic rings. The van der Waals surface area contributed by atoms with Crippen molar-refractivity contribution in [3.8, 4) is 17.3 Å². The van der Waals surface area contributed by atoms with Crippen LogP contribution in [0.3, 0.4) is 0 Å². The molecule has 5 aromatic rings. The van der Waals surface area contributed by atoms with Crippen molar-refractivity contribution in [2.24, 2.45) is 0 Å². The molecule has 2 aromatic heterocycles. The predicted molar refractivity (Wildman–Crippen MR) is 142 cm³/mol. The van der Waals surface area contributed by atoms with E-state index in [4.69, 9.17) is 14.5 Å². The summed E-state index contributed by atoms with van der Waals surface area (Å²) >= 11 is 0. The van der Waals surface area contributed by atoms with Crippen molar-refractivity contribution < 1.29 is 9.47 Å². The van der Waals surface area contributed by atoms with Gasteiger partial charge in [0.05, 0.1) is 31.3 Å². The van der Waals surface area contributed by atoms with Crippen molar-refractivity contribution in [3.63, 3.8) is 0 Å². The van der Waals surface area contributed by atoms with Crippen LogP contribution in [0.1, 0.15) is 24.1 Å². The summed E-state index contributed by atoms with van der Waals surface area (Å²) in [6, 6.07) is 24.2. The van der Waals surface area contributed by atoms with Crippen LogP contribution in [0.2, 0.25) is 0 Å². The average molecular weight is 481 g/mol. The fourth-order valence-electron chi connectivity index (χ4n) is 4.07. The summed E-state index contributed by atoms with van der Waals surface area (Å²) in [5.41, 5.74) is 5.08. The number of methoxy groups -OCH3 is 2. The lowest BCUT2D eigenvalue weighted by atomic mass is 10.1. The molecule has 3 aromatic carbocycles. The first-order valence-corrected chi connectivity index (χ1v) is 11.7. The molecule has 0 bridgehead atoms. The van der Waals surface area contributed by atoms with E-state index in [1.165, 1.54) is 5.56 Å². The van der Waals surface area contributed by atoms with Gasteiger partial charge in [-0.2, -0.15) is 4.98 Å². The Labute approximate surface area is 210 Å². The van der Waals surface area contributed by atoms with E-state index in [1.54, 1.807) is 26.7 Å². The maximum Gasteiger partial charge on any atom is 0.225 e. The van der Waals surface area contributed by atoms with Crippen LogP contribution in [0.5, 0.6) is 11.5 Å². The fourth-order valence-corrected chi connectivity index (χ4v) is 4.07. The van der Waals surface area contributed by atoms with Gasteiger partial charge in [0.25, 0.3) is 0 Å². The van der Waals surface area contributed by atoms with Crippen LogP contribution < -0.4 is 20.1 Å². The van der Waals surface area contributed by atoms with E-state index in [9.17, 15) is 0 Å². The van der Waals surface area contributed by atoms with Crippen LogP contribution in [-0.2, 0) is 6.54 Å². The first-order chi connectivity index (χ1) is 17.6. The number of hydrogen-bond donors (Lipinski definition) is 2. The standard InChI is InChI=1S/C28H28N6O2/c1-19(21-7-5-4-6-8-21)32-28-29-14-13-27(33-28)34-18-31-23-16-22(10-11-24(23)34)30-17-20-9-12-25(35-2)26(15-20)36-3/h4-16,18-19,30H,17H2,1-3H3,(H,29,32,33)/t19-/m0/s1. The Balaban J connectivity index is 1.32. The third-order valence-corrected chi connectivity index (χ3v) is 6.02. The molecule has 0 radical (unpaired) electrons. The first kappa shape index (κ1) is 23.2. The number of fused-ring (bicyclic) bond motifs is 1. The molecule has 2 heterocycles. The monoisotopic (exact) mass is 480 g/mol. The van der Waals surface area contributed by atoms with Gasteiger partial charge in [0.1, 0.15) is 12.1 Å². The van der Waals surface area contributed by atoms with Gasteiger partial charge in [-0.1, -0.05) is 36.4 Å². The Morgan fingerprint density at radius 1 is 0.889 bits per heavy atom. The highest BCUT2D eigenvalue weighted by atomic mass is 16.5. The van der Waals surface area contributed by atoms with Gasteiger partial charge < -0.3 is 20.1 Å². The topological polar surface area (TPSA) is 86.1 Å². The quantitative estimate of drug-likeness (QED) is 0.283. The Bertz CT molecular complexity index is 1470. The zero-order valence-electron chi connectivity index (χ0n) is 20.5. The summed E-state index contributed by atoms with van der Waals surface area (Å²) in [4.78, 5) is 13.7. The third kappa shape index (κ3) is 4.93. The molecule has 2 N–H and O–H groups in total. The minimum Gasteiger partial charge on any atom is -0.493 e. The van der Waals surface area contributed by atoms with E-state index in [1.807, 2.05) is 65.2 Å². The summed E-state index contributed by atoms with van der Waals surface area (Å²) < 4.78 is 12.7. The molecule has 182 valence electrons. The van der Waals surface area contributed by atoms with E-state index in [0.29, 0.717) is 24.0 Å². The highest BCUT2D eigenvalue weighted by Gasteiger charge is 2.11. The number of hydrogen-bond acceptors (Lipinski definition) is 7. The number of aromatic nitrogens is 4. The predicted octanol–water partition coefficient (Wildman–Crippen LogP) is 5.62. The molecule has 0 aliphatic carbocycles. The van der Waals surface area contributed by atoms with Crippen LogP contribution in [-0.4, -0.2) is 33.7 Å². The van der Waals surface area contributed by atoms with Crippen LogP contribution in [0.25, 0.3) is 16.9 Å². The van der Waals surface area contributed by atoms with Crippen molar-refractivity contribution in [3.05, 3.63) is 96.4 Å². The molecule has 0 saturated heterocycles. The van der Waals surface area contributed by atoms with E-state index in [-0.39, 0.29) is 6.04 Å². The Kier molecular flexibility index (Phi) is 6.66. The highest BCUT2D eigenvalue weighted by Crippen LogP contribution is 2.28. The second kappa shape index (κ2) is 10.4. The van der Waals surface area contributed by atoms with Crippen molar-refractivity contribution in [1.29, 1.82) is 0 Å². The van der Waals surface area contributed by atoms with Gasteiger partial charge in [-0.25, -0.2) is 9.97 Å². The minimum absolute atomic E-state index is 0.0836. The van der Waals surface area contributed by atoms with Crippen molar-refractivity contribution >= 4 is 22.7 Å². The molecule has 1 atom stereocenters. The van der Waals surface area contributed by atoms with Crippen molar-refractivity contribution in [2.45, 2.75) is 19.5 Å². The van der Waals surface area contributed by atoms with Gasteiger partial charge >= 0.3 is 0 Å². The summed E-state index contributed by atoms with van der Waals surface area (Å²) in [5.74, 6) is 2.74. The lowest BCUT2D eigenvalue weighted by Crippen LogP contribution is -2.10. The Morgan fingerprint density at radius 2 is 1.72 bits per heavy atom. The van der Waals surface area contributed by atoms with Crippen molar-refractivity contribution in [2.75, 3.05) is 24.9 Å². The number of benzene rings is 3. The number of imidazole rings is 1. The number of ether oxygens (including phenoxy) is 2. The summed E-state index contributed by atoms with van der Waals surface area (Å²) in [6.45, 7) is 2.74. The van der Waals surface area contributed by atoms with Crippen LogP contribution in [0.15, 0.2) is 85.3 Å². The van der Waals surface area contributed by atoms with Crippen LogP contribution in [0.4, 0.5) is 11.6 Å². The molecule has 0 saturated carbocycles. The fraction of sp³-hybridized carbons (Fsp3) is 0.179. The van der Waals surface area contributed by atoms with E-state index >= 15 is 0 Å². The maximum atomic E-state index is 5.40. The summed E-state index contributed by atoms with van der Waals surface area (Å²) in [5, 5.41) is 6.84. The maximum absolute atomic E-state index is 5.40. The first-order valence-electron chi connectivity index (χ1n) is 11.7. The number of nitrogens with one attached hydrogen (secondary N) is 2. The van der Waals surface area contributed by atoms with Gasteiger partial charge in [0, 0.05) is 18.4 Å². The number of anilines is 2. The second-order valence-electron chi connectivity index (χ2n) is 8.38. The normalized spacial score (nSPS) is 11.8. The number of nitrogens with zero attached hydrogens (tertiary/aromatic N) is 4. The zero-order valence-corrected chi connectivity index (χ0v) is 20.5. The molecule has 8 heteroatoms. The molecule has 0 fully saturated rings. The van der Waals surface area contributed by atoms with E-state index < -0.39 is 0 Å². The minimum atomic E-state index is 0.0836. The molecular weight excluding hydrogens is 452 g/mol. The number of rotatable bonds is 9. The lowest BCUT2D eigenvalue weighted by Gasteiger charge is -2.14. The summed E-state index contributed by atoms with van der Waals surface area (Å²) in [7, 11) is 3.27. The molecule has 8 nitrogen and oxygen atoms in total. The largest absolute Gasteiger partial charge is 0.493 e. The Hall–Kier alpha value is -4.59. The molecule has 0 aliphatic heterocycles. The highest BCUT2D eigenvalue weighted by molar-refractivity contribution is 5.81. The molecule has 0 unspecified atom stereocenters. The molecule has 5 rings (SSSR count). The third-order valence-electron chi connectivity index (χ3n) is 6.02. The van der Waals surface area contributed by atoms with E-state index in [2.05, 4.69) is 39.7 Å². The van der Waals surface area contributed by atoms with Gasteiger partial charge in [-0.15, -0.1) is 0 Å². The second-order valence-corrected chi connectivity index (χ2v) is 8.38. The SMILES string of the molecule is COc1ccc(CNc2ccc3c(c2)ncn3-c2ccnc(N[C@@H](C)c3ccccc3)n2)cc1OC. The molecule has 0 spiro atoms. The summed E-state index contributed by atoms with van der Waals surface area (Å²) in [6.07, 6.45) is 3.54. The molecule has 36 heavy (non-hydrogen) atoms. The van der Waals surface area contributed by atoms with Crippen LogP contribution in [0, 0.1) is 0 Å². The average Bonchev–Trinajstić information content (AvgIpc) is 3.35. The van der Waals surface area contributed by atoms with Crippen molar-refractivity contribution in [1.82, 2.24) is 19.5 Å². The smallest absolute Gasteiger partial charge is 0.225 e. The van der Waals surface area contributed by atoms with Gasteiger partial charge in [0.15, 0.2) is 11.5 Å². The Morgan fingerprint density at radius 3 is 2.53 bits per heavy atom. The van der Waals surface area contributed by atoms with Gasteiger partial charge in [-0.05, 0) is 54.4 Å². The molecule has 0 amide bonds. The van der Waals surface area contributed by atoms with Crippen LogP contribution >= 0.6 is 0 Å². The molecular formula is C28H28N6O2. The lowest BCUT2D eigenvalue weighted by molar-refractivity contribution is 0.354. The van der Waals surface area contributed by atoms with E-state index in [0.717, 1.165) is 28.1 Å².